The number of aromatic carboxylic acids is 1. The summed E-state index contributed by atoms with van der Waals surface area (Å²) in [6.07, 6.45) is 0. The number of rotatable bonds is 4. The third-order valence-corrected chi connectivity index (χ3v) is 3.41. The number of ether oxygens (including phenoxy) is 2. The minimum Gasteiger partial charge on any atom is -0.496 e. The largest absolute Gasteiger partial charge is 0.496 e. The van der Waals surface area contributed by atoms with Gasteiger partial charge in [0.2, 0.25) is 0 Å². The van der Waals surface area contributed by atoms with Crippen LogP contribution >= 0.6 is 11.3 Å². The van der Waals surface area contributed by atoms with Crippen LogP contribution in [-0.4, -0.2) is 25.3 Å². The van der Waals surface area contributed by atoms with Crippen molar-refractivity contribution in [1.29, 1.82) is 0 Å². The van der Waals surface area contributed by atoms with E-state index in [0.29, 0.717) is 11.5 Å². The van der Waals surface area contributed by atoms with Crippen LogP contribution in [0.5, 0.6) is 11.5 Å². The number of thiophene rings is 1. The molecular formula is C13H12O4S. The molecule has 0 unspecified atom stereocenters. The highest BCUT2D eigenvalue weighted by molar-refractivity contribution is 7.13. The Morgan fingerprint density at radius 1 is 1.22 bits per heavy atom. The SMILES string of the molecule is COc1cc(C(=O)O)cc(OC)c1-c1cccs1. The standard InChI is InChI=1S/C13H12O4S/c1-16-9-6-8(13(14)15)7-10(17-2)12(9)11-4-3-5-18-11/h3-7H,1-2H3,(H,14,15). The minimum atomic E-state index is -1.01. The molecule has 0 atom stereocenters. The Labute approximate surface area is 108 Å². The number of methoxy groups -OCH3 is 2. The van der Waals surface area contributed by atoms with Crippen LogP contribution < -0.4 is 9.47 Å². The maximum Gasteiger partial charge on any atom is 0.335 e. The highest BCUT2D eigenvalue weighted by Gasteiger charge is 2.17. The maximum atomic E-state index is 11.0. The molecule has 5 heteroatoms. The lowest BCUT2D eigenvalue weighted by Gasteiger charge is -2.13. The van der Waals surface area contributed by atoms with E-state index in [0.717, 1.165) is 10.4 Å². The van der Waals surface area contributed by atoms with E-state index in [-0.39, 0.29) is 5.56 Å². The van der Waals surface area contributed by atoms with E-state index in [4.69, 9.17) is 14.6 Å². The monoisotopic (exact) mass is 264 g/mol. The van der Waals surface area contributed by atoms with Gasteiger partial charge in [0.1, 0.15) is 11.5 Å². The molecule has 1 aromatic heterocycles. The number of carboxylic acid groups (broad SMARTS) is 1. The average molecular weight is 264 g/mol. The van der Waals surface area contributed by atoms with Gasteiger partial charge in [0.25, 0.3) is 0 Å². The lowest BCUT2D eigenvalue weighted by atomic mass is 10.1. The first-order chi connectivity index (χ1) is 8.67. The van der Waals surface area contributed by atoms with Crippen LogP contribution in [-0.2, 0) is 0 Å². The number of carboxylic acids is 1. The van der Waals surface area contributed by atoms with Crippen LogP contribution in [0.25, 0.3) is 10.4 Å². The summed E-state index contributed by atoms with van der Waals surface area (Å²) in [7, 11) is 3.02. The van der Waals surface area contributed by atoms with Crippen LogP contribution in [0.15, 0.2) is 29.6 Å². The number of hydrogen-bond acceptors (Lipinski definition) is 4. The molecule has 0 fully saturated rings. The average Bonchev–Trinajstić information content (AvgIpc) is 2.90. The summed E-state index contributed by atoms with van der Waals surface area (Å²) < 4.78 is 10.5. The maximum absolute atomic E-state index is 11.0. The topological polar surface area (TPSA) is 55.8 Å². The summed E-state index contributed by atoms with van der Waals surface area (Å²) >= 11 is 1.54. The van der Waals surface area contributed by atoms with Gasteiger partial charge in [-0.05, 0) is 23.6 Å². The van der Waals surface area contributed by atoms with Crippen molar-refractivity contribution < 1.29 is 19.4 Å². The first-order valence-electron chi connectivity index (χ1n) is 5.20. The van der Waals surface area contributed by atoms with Gasteiger partial charge in [-0.1, -0.05) is 6.07 Å². The summed E-state index contributed by atoms with van der Waals surface area (Å²) in [5.41, 5.74) is 0.920. The van der Waals surface area contributed by atoms with Gasteiger partial charge in [-0.15, -0.1) is 11.3 Å². The predicted octanol–water partition coefficient (Wildman–Crippen LogP) is 3.13. The zero-order valence-electron chi connectivity index (χ0n) is 9.97. The Kier molecular flexibility index (Phi) is 3.53. The van der Waals surface area contributed by atoms with Crippen molar-refractivity contribution in [2.24, 2.45) is 0 Å². The smallest absolute Gasteiger partial charge is 0.335 e. The number of carbonyl (C=O) groups is 1. The predicted molar refractivity (Wildman–Crippen MR) is 69.8 cm³/mol. The zero-order chi connectivity index (χ0) is 13.1. The first-order valence-corrected chi connectivity index (χ1v) is 6.08. The van der Waals surface area contributed by atoms with Gasteiger partial charge < -0.3 is 14.6 Å². The molecule has 1 heterocycles. The van der Waals surface area contributed by atoms with Crippen molar-refractivity contribution in [2.75, 3.05) is 14.2 Å². The molecule has 0 bridgehead atoms. The van der Waals surface area contributed by atoms with Crippen LogP contribution in [0, 0.1) is 0 Å². The molecule has 0 saturated heterocycles. The molecule has 0 aliphatic heterocycles. The lowest BCUT2D eigenvalue weighted by Crippen LogP contribution is -2.00. The van der Waals surface area contributed by atoms with E-state index in [1.54, 1.807) is 11.3 Å². The van der Waals surface area contributed by atoms with Gasteiger partial charge >= 0.3 is 5.97 Å². The minimum absolute atomic E-state index is 0.143. The van der Waals surface area contributed by atoms with E-state index >= 15 is 0 Å². The Morgan fingerprint density at radius 3 is 2.22 bits per heavy atom. The van der Waals surface area contributed by atoms with Gasteiger partial charge in [0, 0.05) is 4.88 Å². The zero-order valence-corrected chi connectivity index (χ0v) is 10.8. The third kappa shape index (κ3) is 2.17. The van der Waals surface area contributed by atoms with Crippen molar-refractivity contribution in [1.82, 2.24) is 0 Å². The highest BCUT2D eigenvalue weighted by Crippen LogP contribution is 2.41. The molecule has 0 radical (unpaired) electrons. The summed E-state index contributed by atoms with van der Waals surface area (Å²) in [5, 5.41) is 11.0. The van der Waals surface area contributed by atoms with Crippen molar-refractivity contribution in [3.05, 3.63) is 35.2 Å². The van der Waals surface area contributed by atoms with Gasteiger partial charge in [0.15, 0.2) is 0 Å². The molecule has 2 aromatic rings. The fraction of sp³-hybridized carbons (Fsp3) is 0.154. The molecule has 4 nitrogen and oxygen atoms in total. The Balaban J connectivity index is 2.67. The fourth-order valence-corrected chi connectivity index (χ4v) is 2.48. The molecule has 0 aliphatic rings. The molecule has 0 spiro atoms. The lowest BCUT2D eigenvalue weighted by molar-refractivity contribution is 0.0696. The normalized spacial score (nSPS) is 10.1. The molecule has 0 aliphatic carbocycles. The van der Waals surface area contributed by atoms with E-state index < -0.39 is 5.97 Å². The van der Waals surface area contributed by atoms with Gasteiger partial charge in [0.05, 0.1) is 25.3 Å². The van der Waals surface area contributed by atoms with Gasteiger partial charge in [-0.25, -0.2) is 4.79 Å². The molecule has 1 N–H and O–H groups in total. The van der Waals surface area contributed by atoms with Gasteiger partial charge in [-0.3, -0.25) is 0 Å². The third-order valence-electron chi connectivity index (χ3n) is 2.52. The summed E-state index contributed by atoms with van der Waals surface area (Å²) in [6.45, 7) is 0. The van der Waals surface area contributed by atoms with Crippen molar-refractivity contribution >= 4 is 17.3 Å². The molecule has 1 aromatic carbocycles. The Hall–Kier alpha value is -2.01. The molecular weight excluding hydrogens is 252 g/mol. The fourth-order valence-electron chi connectivity index (χ4n) is 1.70. The van der Waals surface area contributed by atoms with Crippen molar-refractivity contribution in [3.8, 4) is 21.9 Å². The summed E-state index contributed by atoms with van der Waals surface area (Å²) in [4.78, 5) is 12.0. The summed E-state index contributed by atoms with van der Waals surface area (Å²) in [5.74, 6) is -0.0206. The Bertz CT molecular complexity index is 535. The molecule has 18 heavy (non-hydrogen) atoms. The molecule has 94 valence electrons. The molecule has 0 amide bonds. The van der Waals surface area contributed by atoms with Crippen LogP contribution in [0.1, 0.15) is 10.4 Å². The first kappa shape index (κ1) is 12.4. The van der Waals surface area contributed by atoms with Crippen molar-refractivity contribution in [3.63, 3.8) is 0 Å². The number of hydrogen-bond donors (Lipinski definition) is 1. The van der Waals surface area contributed by atoms with Crippen LogP contribution in [0.3, 0.4) is 0 Å². The molecule has 0 saturated carbocycles. The van der Waals surface area contributed by atoms with Crippen LogP contribution in [0.2, 0.25) is 0 Å². The van der Waals surface area contributed by atoms with Crippen LogP contribution in [0.4, 0.5) is 0 Å². The second-order valence-electron chi connectivity index (χ2n) is 3.54. The Morgan fingerprint density at radius 2 is 1.83 bits per heavy atom. The van der Waals surface area contributed by atoms with Crippen molar-refractivity contribution in [2.45, 2.75) is 0 Å². The quantitative estimate of drug-likeness (QED) is 0.921. The second kappa shape index (κ2) is 5.10. The summed E-state index contributed by atoms with van der Waals surface area (Å²) in [6, 6.07) is 6.86. The van der Waals surface area contributed by atoms with E-state index in [1.807, 2.05) is 17.5 Å². The van der Waals surface area contributed by atoms with E-state index in [1.165, 1.54) is 26.4 Å². The van der Waals surface area contributed by atoms with E-state index in [2.05, 4.69) is 0 Å². The highest BCUT2D eigenvalue weighted by atomic mass is 32.1. The second-order valence-corrected chi connectivity index (χ2v) is 4.49. The van der Waals surface area contributed by atoms with Gasteiger partial charge in [-0.2, -0.15) is 0 Å². The van der Waals surface area contributed by atoms with E-state index in [9.17, 15) is 4.79 Å². The number of benzene rings is 1. The molecule has 2 rings (SSSR count).